The molecule has 2 N–H and O–H groups in total. The summed E-state index contributed by atoms with van der Waals surface area (Å²) in [6, 6.07) is 6.08. The third-order valence-corrected chi connectivity index (χ3v) is 6.05. The molecule has 1 aliphatic rings. The number of amides is 1. The SMILES string of the molecule is CN(C)S(=O)(=O)c1ccc(C(=O)N2CCC(C)(CN)C2)cc1.Cl. The van der Waals surface area contributed by atoms with Crippen molar-refractivity contribution in [3.05, 3.63) is 29.8 Å². The Bertz CT molecular complexity index is 661. The molecule has 1 saturated heterocycles. The molecule has 23 heavy (non-hydrogen) atoms. The average Bonchev–Trinajstić information content (AvgIpc) is 2.90. The van der Waals surface area contributed by atoms with Crippen LogP contribution in [-0.4, -0.2) is 57.3 Å². The van der Waals surface area contributed by atoms with Gasteiger partial charge in [0.25, 0.3) is 5.91 Å². The van der Waals surface area contributed by atoms with Crippen LogP contribution in [0.15, 0.2) is 29.2 Å². The minimum atomic E-state index is -3.47. The van der Waals surface area contributed by atoms with Crippen LogP contribution >= 0.6 is 12.4 Å². The van der Waals surface area contributed by atoms with Crippen LogP contribution < -0.4 is 5.73 Å². The smallest absolute Gasteiger partial charge is 0.253 e. The van der Waals surface area contributed by atoms with E-state index in [1.807, 2.05) is 0 Å². The molecule has 1 amide bonds. The molecule has 1 heterocycles. The van der Waals surface area contributed by atoms with Crippen molar-refractivity contribution in [3.63, 3.8) is 0 Å². The summed E-state index contributed by atoms with van der Waals surface area (Å²) in [6.07, 6.45) is 0.891. The van der Waals surface area contributed by atoms with Gasteiger partial charge in [0.05, 0.1) is 4.90 Å². The largest absolute Gasteiger partial charge is 0.338 e. The van der Waals surface area contributed by atoms with Crippen molar-refractivity contribution >= 4 is 28.3 Å². The maximum atomic E-state index is 12.5. The molecule has 6 nitrogen and oxygen atoms in total. The summed E-state index contributed by atoms with van der Waals surface area (Å²) in [5, 5.41) is 0. The first-order valence-electron chi connectivity index (χ1n) is 7.21. The molecule has 1 unspecified atom stereocenters. The Balaban J connectivity index is 0.00000264. The molecular weight excluding hydrogens is 338 g/mol. The van der Waals surface area contributed by atoms with Crippen molar-refractivity contribution in [1.29, 1.82) is 0 Å². The van der Waals surface area contributed by atoms with E-state index >= 15 is 0 Å². The van der Waals surface area contributed by atoms with Gasteiger partial charge in [-0.05, 0) is 42.6 Å². The molecule has 1 atom stereocenters. The van der Waals surface area contributed by atoms with E-state index in [2.05, 4.69) is 6.92 Å². The van der Waals surface area contributed by atoms with E-state index < -0.39 is 10.0 Å². The lowest BCUT2D eigenvalue weighted by atomic mass is 9.90. The lowest BCUT2D eigenvalue weighted by Gasteiger charge is -2.22. The van der Waals surface area contributed by atoms with Crippen molar-refractivity contribution in [1.82, 2.24) is 9.21 Å². The van der Waals surface area contributed by atoms with Crippen molar-refractivity contribution in [3.8, 4) is 0 Å². The van der Waals surface area contributed by atoms with Gasteiger partial charge < -0.3 is 10.6 Å². The number of hydrogen-bond acceptors (Lipinski definition) is 4. The molecule has 0 aliphatic carbocycles. The van der Waals surface area contributed by atoms with Gasteiger partial charge in [-0.3, -0.25) is 4.79 Å². The number of halogens is 1. The molecule has 0 radical (unpaired) electrons. The summed E-state index contributed by atoms with van der Waals surface area (Å²) in [5.74, 6) is -0.0778. The standard InChI is InChI=1S/C15H23N3O3S.ClH/c1-15(10-16)8-9-18(11-15)14(19)12-4-6-13(7-5-12)22(20,21)17(2)3;/h4-7H,8-11,16H2,1-3H3;1H. The molecule has 0 saturated carbocycles. The molecule has 1 aliphatic heterocycles. The normalized spacial score (nSPS) is 21.3. The van der Waals surface area contributed by atoms with Crippen molar-refractivity contribution in [2.45, 2.75) is 18.2 Å². The molecule has 0 bridgehead atoms. The second kappa shape index (κ2) is 7.17. The third kappa shape index (κ3) is 4.03. The Labute approximate surface area is 144 Å². The number of nitrogens with zero attached hydrogens (tertiary/aromatic N) is 2. The Hall–Kier alpha value is -1.15. The molecule has 1 fully saturated rings. The minimum Gasteiger partial charge on any atom is -0.338 e. The second-order valence-electron chi connectivity index (χ2n) is 6.30. The van der Waals surface area contributed by atoms with E-state index in [9.17, 15) is 13.2 Å². The van der Waals surface area contributed by atoms with Crippen LogP contribution in [0.3, 0.4) is 0 Å². The van der Waals surface area contributed by atoms with Crippen LogP contribution in [0.1, 0.15) is 23.7 Å². The fourth-order valence-electron chi connectivity index (χ4n) is 2.53. The minimum absolute atomic E-state index is 0. The van der Waals surface area contributed by atoms with Gasteiger partial charge in [0, 0.05) is 32.7 Å². The lowest BCUT2D eigenvalue weighted by Crippen LogP contribution is -2.34. The van der Waals surface area contributed by atoms with Gasteiger partial charge in [0.2, 0.25) is 10.0 Å². The fourth-order valence-corrected chi connectivity index (χ4v) is 3.43. The summed E-state index contributed by atoms with van der Waals surface area (Å²) in [4.78, 5) is 14.4. The van der Waals surface area contributed by atoms with Gasteiger partial charge in [0.1, 0.15) is 0 Å². The van der Waals surface area contributed by atoms with Gasteiger partial charge >= 0.3 is 0 Å². The van der Waals surface area contributed by atoms with Gasteiger partial charge in [-0.1, -0.05) is 6.92 Å². The number of carbonyl (C=O) groups excluding carboxylic acids is 1. The topological polar surface area (TPSA) is 83.7 Å². The van der Waals surface area contributed by atoms with Gasteiger partial charge in [-0.25, -0.2) is 12.7 Å². The predicted octanol–water partition coefficient (Wildman–Crippen LogP) is 1.17. The number of likely N-dealkylation sites (tertiary alicyclic amines) is 1. The molecule has 130 valence electrons. The monoisotopic (exact) mass is 361 g/mol. The number of rotatable bonds is 4. The highest BCUT2D eigenvalue weighted by Crippen LogP contribution is 2.29. The highest BCUT2D eigenvalue weighted by Gasteiger charge is 2.35. The Morgan fingerprint density at radius 3 is 2.30 bits per heavy atom. The zero-order valence-electron chi connectivity index (χ0n) is 13.7. The van der Waals surface area contributed by atoms with Crippen LogP contribution in [0.4, 0.5) is 0 Å². The van der Waals surface area contributed by atoms with Gasteiger partial charge in [0.15, 0.2) is 0 Å². The van der Waals surface area contributed by atoms with E-state index in [0.29, 0.717) is 25.2 Å². The second-order valence-corrected chi connectivity index (χ2v) is 8.46. The van der Waals surface area contributed by atoms with Gasteiger partial charge in [-0.2, -0.15) is 0 Å². The average molecular weight is 362 g/mol. The van der Waals surface area contributed by atoms with Gasteiger partial charge in [-0.15, -0.1) is 12.4 Å². The molecule has 2 rings (SSSR count). The van der Waals surface area contributed by atoms with Crippen molar-refractivity contribution in [2.24, 2.45) is 11.1 Å². The number of nitrogens with two attached hydrogens (primary N) is 1. The quantitative estimate of drug-likeness (QED) is 0.872. The summed E-state index contributed by atoms with van der Waals surface area (Å²) < 4.78 is 25.2. The highest BCUT2D eigenvalue weighted by atomic mass is 35.5. The molecule has 1 aromatic rings. The van der Waals surface area contributed by atoms with E-state index in [-0.39, 0.29) is 28.6 Å². The van der Waals surface area contributed by atoms with Crippen molar-refractivity contribution < 1.29 is 13.2 Å². The summed E-state index contributed by atoms with van der Waals surface area (Å²) in [5.41, 5.74) is 6.23. The summed E-state index contributed by atoms with van der Waals surface area (Å²) in [7, 11) is -0.512. The van der Waals surface area contributed by atoms with Crippen LogP contribution in [0.25, 0.3) is 0 Å². The van der Waals surface area contributed by atoms with Crippen LogP contribution in [0, 0.1) is 5.41 Å². The van der Waals surface area contributed by atoms with Crippen LogP contribution in [-0.2, 0) is 10.0 Å². The van der Waals surface area contributed by atoms with E-state index in [1.165, 1.54) is 26.2 Å². The Morgan fingerprint density at radius 2 is 1.87 bits per heavy atom. The first kappa shape index (κ1) is 19.9. The van der Waals surface area contributed by atoms with Crippen LogP contribution in [0.2, 0.25) is 0 Å². The van der Waals surface area contributed by atoms with Crippen molar-refractivity contribution in [2.75, 3.05) is 33.7 Å². The maximum absolute atomic E-state index is 12.5. The summed E-state index contributed by atoms with van der Waals surface area (Å²) in [6.45, 7) is 3.95. The number of carbonyl (C=O) groups is 1. The number of sulfonamides is 1. The predicted molar refractivity (Wildman–Crippen MR) is 92.2 cm³/mol. The molecular formula is C15H24ClN3O3S. The fraction of sp³-hybridized carbons (Fsp3) is 0.533. The molecule has 0 spiro atoms. The number of hydrogen-bond donors (Lipinski definition) is 1. The zero-order chi connectivity index (χ0) is 16.5. The summed E-state index contributed by atoms with van der Waals surface area (Å²) >= 11 is 0. The lowest BCUT2D eigenvalue weighted by molar-refractivity contribution is 0.0777. The van der Waals surface area contributed by atoms with E-state index in [4.69, 9.17) is 5.73 Å². The van der Waals surface area contributed by atoms with E-state index in [0.717, 1.165) is 10.7 Å². The Kier molecular flexibility index (Phi) is 6.20. The van der Waals surface area contributed by atoms with Crippen LogP contribution in [0.5, 0.6) is 0 Å². The first-order chi connectivity index (χ1) is 10.2. The molecule has 0 aromatic heterocycles. The molecule has 1 aromatic carbocycles. The first-order valence-corrected chi connectivity index (χ1v) is 8.65. The molecule has 8 heteroatoms. The van der Waals surface area contributed by atoms with E-state index in [1.54, 1.807) is 17.0 Å². The third-order valence-electron chi connectivity index (χ3n) is 4.22. The Morgan fingerprint density at radius 1 is 1.30 bits per heavy atom. The number of benzene rings is 1. The zero-order valence-corrected chi connectivity index (χ0v) is 15.3. The maximum Gasteiger partial charge on any atom is 0.253 e. The highest BCUT2D eigenvalue weighted by molar-refractivity contribution is 7.89.